The first-order valence-electron chi connectivity index (χ1n) is 14.6. The lowest BCUT2D eigenvalue weighted by atomic mass is 9.77. The highest BCUT2D eigenvalue weighted by molar-refractivity contribution is 5.64. The fraction of sp³-hybridized carbons (Fsp3) is 0.636. The minimum absolute atomic E-state index is 0.288. The molecular weight excluding hydrogens is 412 g/mol. The number of unbranched alkanes of at least 4 members (excludes halogenated alkanes) is 4. The van der Waals surface area contributed by atoms with Crippen molar-refractivity contribution in [2.75, 3.05) is 6.61 Å². The van der Waals surface area contributed by atoms with Crippen LogP contribution in [-0.2, 0) is 4.74 Å². The van der Waals surface area contributed by atoms with E-state index in [0.717, 1.165) is 24.4 Å². The van der Waals surface area contributed by atoms with Crippen molar-refractivity contribution in [3.05, 3.63) is 59.7 Å². The Morgan fingerprint density at radius 1 is 0.588 bits per heavy atom. The molecule has 34 heavy (non-hydrogen) atoms. The molecule has 0 spiro atoms. The van der Waals surface area contributed by atoms with Gasteiger partial charge in [-0.25, -0.2) is 0 Å². The average molecular weight is 461 g/mol. The zero-order valence-electron chi connectivity index (χ0n) is 21.9. The summed E-state index contributed by atoms with van der Waals surface area (Å²) >= 11 is 0. The standard InChI is InChI=1S/C33H48O/c1-3-5-6-7-8-10-26-11-14-28(15-12-26)29-16-18-30(19-17-29)31-20-22-32(23-21-31)33-24-13-27(9-4-2)25-34-33/h16-23,26-28,33H,3-15,24-25H2,1-2H3. The molecule has 1 saturated heterocycles. The van der Waals surface area contributed by atoms with Gasteiger partial charge >= 0.3 is 0 Å². The molecule has 1 saturated carbocycles. The summed E-state index contributed by atoms with van der Waals surface area (Å²) in [7, 11) is 0. The molecule has 2 aliphatic rings. The van der Waals surface area contributed by atoms with Crippen molar-refractivity contribution in [3.63, 3.8) is 0 Å². The van der Waals surface area contributed by atoms with Crippen LogP contribution in [0, 0.1) is 11.8 Å². The van der Waals surface area contributed by atoms with E-state index < -0.39 is 0 Å². The lowest BCUT2D eigenvalue weighted by Gasteiger charge is -2.29. The first-order chi connectivity index (χ1) is 16.8. The summed E-state index contributed by atoms with van der Waals surface area (Å²) in [6, 6.07) is 18.6. The topological polar surface area (TPSA) is 9.23 Å². The SMILES string of the molecule is CCCCCCCC1CCC(c2ccc(-c3ccc(C4CCC(CCC)CO4)cc3)cc2)CC1. The molecule has 4 rings (SSSR count). The minimum Gasteiger partial charge on any atom is -0.373 e. The van der Waals surface area contributed by atoms with E-state index in [9.17, 15) is 0 Å². The monoisotopic (exact) mass is 460 g/mol. The summed E-state index contributed by atoms with van der Waals surface area (Å²) in [5.74, 6) is 2.53. The van der Waals surface area contributed by atoms with Gasteiger partial charge in [-0.1, -0.05) is 107 Å². The van der Waals surface area contributed by atoms with Gasteiger partial charge in [0.1, 0.15) is 0 Å². The summed E-state index contributed by atoms with van der Waals surface area (Å²) in [5.41, 5.74) is 5.56. The molecule has 2 atom stereocenters. The Hall–Kier alpha value is -1.60. The molecule has 186 valence electrons. The van der Waals surface area contributed by atoms with Gasteiger partial charge in [-0.2, -0.15) is 0 Å². The van der Waals surface area contributed by atoms with Crippen molar-refractivity contribution in [2.24, 2.45) is 11.8 Å². The molecule has 2 aromatic carbocycles. The predicted octanol–water partition coefficient (Wildman–Crippen LogP) is 10.3. The van der Waals surface area contributed by atoms with Crippen LogP contribution < -0.4 is 0 Å². The van der Waals surface area contributed by atoms with Gasteiger partial charge in [0.15, 0.2) is 0 Å². The first kappa shape index (κ1) is 25.5. The van der Waals surface area contributed by atoms with E-state index in [1.165, 1.54) is 107 Å². The van der Waals surface area contributed by atoms with Crippen molar-refractivity contribution in [3.8, 4) is 11.1 Å². The number of ether oxygens (including phenoxy) is 1. The van der Waals surface area contributed by atoms with Gasteiger partial charge in [0.05, 0.1) is 12.7 Å². The summed E-state index contributed by atoms with van der Waals surface area (Å²) < 4.78 is 6.20. The number of hydrogen-bond acceptors (Lipinski definition) is 1. The fourth-order valence-electron chi connectivity index (χ4n) is 6.36. The maximum Gasteiger partial charge on any atom is 0.0825 e. The van der Waals surface area contributed by atoms with E-state index >= 15 is 0 Å². The molecule has 2 unspecified atom stereocenters. The van der Waals surface area contributed by atoms with Crippen LogP contribution in [0.1, 0.15) is 127 Å². The van der Waals surface area contributed by atoms with E-state index in [0.29, 0.717) is 0 Å². The molecule has 0 N–H and O–H groups in total. The second-order valence-corrected chi connectivity index (χ2v) is 11.2. The van der Waals surface area contributed by atoms with Gasteiger partial charge in [-0.3, -0.25) is 0 Å². The van der Waals surface area contributed by atoms with Gasteiger partial charge in [0, 0.05) is 0 Å². The van der Waals surface area contributed by atoms with E-state index in [1.54, 1.807) is 5.56 Å². The minimum atomic E-state index is 0.288. The Balaban J connectivity index is 1.24. The van der Waals surface area contributed by atoms with Gasteiger partial charge in [0.25, 0.3) is 0 Å². The Bertz CT molecular complexity index is 805. The van der Waals surface area contributed by atoms with Crippen LogP contribution in [-0.4, -0.2) is 6.61 Å². The van der Waals surface area contributed by atoms with E-state index in [-0.39, 0.29) is 6.10 Å². The molecule has 1 heterocycles. The zero-order valence-corrected chi connectivity index (χ0v) is 21.9. The smallest absolute Gasteiger partial charge is 0.0825 e. The van der Waals surface area contributed by atoms with Gasteiger partial charge in [0.2, 0.25) is 0 Å². The van der Waals surface area contributed by atoms with Gasteiger partial charge in [-0.05, 0) is 85.0 Å². The lowest BCUT2D eigenvalue weighted by Crippen LogP contribution is -2.20. The highest BCUT2D eigenvalue weighted by Gasteiger charge is 2.23. The van der Waals surface area contributed by atoms with Gasteiger partial charge < -0.3 is 4.74 Å². The fourth-order valence-corrected chi connectivity index (χ4v) is 6.36. The van der Waals surface area contributed by atoms with Crippen LogP contribution in [0.2, 0.25) is 0 Å². The molecule has 0 bridgehead atoms. The maximum atomic E-state index is 6.20. The molecule has 1 heteroatoms. The quantitative estimate of drug-likeness (QED) is 0.303. The number of hydrogen-bond donors (Lipinski definition) is 0. The third-order valence-electron chi connectivity index (χ3n) is 8.63. The molecule has 0 radical (unpaired) electrons. The highest BCUT2D eigenvalue weighted by atomic mass is 16.5. The molecule has 0 aromatic heterocycles. The molecular formula is C33H48O. The van der Waals surface area contributed by atoms with Crippen molar-refractivity contribution in [1.82, 2.24) is 0 Å². The lowest BCUT2D eigenvalue weighted by molar-refractivity contribution is -0.0194. The molecule has 1 aliphatic carbocycles. The predicted molar refractivity (Wildman–Crippen MR) is 146 cm³/mol. The Labute approximate surface area is 209 Å². The summed E-state index contributed by atoms with van der Waals surface area (Å²) in [5, 5.41) is 0. The largest absolute Gasteiger partial charge is 0.373 e. The van der Waals surface area contributed by atoms with Gasteiger partial charge in [-0.15, -0.1) is 0 Å². The van der Waals surface area contributed by atoms with Crippen LogP contribution in [0.4, 0.5) is 0 Å². The summed E-state index contributed by atoms with van der Waals surface area (Å²) in [6.45, 7) is 5.51. The second-order valence-electron chi connectivity index (χ2n) is 11.2. The third-order valence-corrected chi connectivity index (χ3v) is 8.63. The van der Waals surface area contributed by atoms with Crippen molar-refractivity contribution < 1.29 is 4.74 Å². The van der Waals surface area contributed by atoms with E-state index in [1.807, 2.05) is 0 Å². The summed E-state index contributed by atoms with van der Waals surface area (Å²) in [4.78, 5) is 0. The van der Waals surface area contributed by atoms with E-state index in [2.05, 4.69) is 62.4 Å². The number of rotatable bonds is 11. The normalized spacial score (nSPS) is 25.4. The Morgan fingerprint density at radius 3 is 1.79 bits per heavy atom. The number of benzene rings is 2. The Morgan fingerprint density at radius 2 is 1.21 bits per heavy atom. The third kappa shape index (κ3) is 7.20. The van der Waals surface area contributed by atoms with Crippen LogP contribution in [0.5, 0.6) is 0 Å². The van der Waals surface area contributed by atoms with Crippen molar-refractivity contribution >= 4 is 0 Å². The van der Waals surface area contributed by atoms with Crippen molar-refractivity contribution in [1.29, 1.82) is 0 Å². The maximum absolute atomic E-state index is 6.20. The van der Waals surface area contributed by atoms with Crippen LogP contribution >= 0.6 is 0 Å². The Kier molecular flexibility index (Phi) is 10.1. The van der Waals surface area contributed by atoms with Crippen LogP contribution in [0.3, 0.4) is 0 Å². The zero-order chi connectivity index (χ0) is 23.6. The average Bonchev–Trinajstić information content (AvgIpc) is 2.90. The molecule has 2 fully saturated rings. The molecule has 1 aliphatic heterocycles. The van der Waals surface area contributed by atoms with Crippen LogP contribution in [0.15, 0.2) is 48.5 Å². The van der Waals surface area contributed by atoms with E-state index in [4.69, 9.17) is 4.74 Å². The van der Waals surface area contributed by atoms with Crippen LogP contribution in [0.25, 0.3) is 11.1 Å². The first-order valence-corrected chi connectivity index (χ1v) is 14.6. The molecule has 0 amide bonds. The second kappa shape index (κ2) is 13.5. The molecule has 2 aromatic rings. The van der Waals surface area contributed by atoms with Crippen molar-refractivity contribution in [2.45, 2.75) is 116 Å². The molecule has 1 nitrogen and oxygen atoms in total. The summed E-state index contributed by atoms with van der Waals surface area (Å²) in [6.07, 6.45) is 19.6. The highest BCUT2D eigenvalue weighted by Crippen LogP contribution is 2.38.